The molecule has 33 heavy (non-hydrogen) atoms. The molecule has 0 bridgehead atoms. The number of carbonyl (C=O) groups is 1. The van der Waals surface area contributed by atoms with Crippen LogP contribution in [-0.4, -0.2) is 39.0 Å². The van der Waals surface area contributed by atoms with Crippen molar-refractivity contribution in [1.82, 2.24) is 19.4 Å². The van der Waals surface area contributed by atoms with Crippen LogP contribution in [0.4, 0.5) is 0 Å². The highest BCUT2D eigenvalue weighted by Gasteiger charge is 2.36. The fourth-order valence-corrected chi connectivity index (χ4v) is 5.09. The summed E-state index contributed by atoms with van der Waals surface area (Å²) in [5, 5.41) is 2.23. The standard InChI is InChI=1S/C27H24N4O2/c1-30-23-16-18(33-2)11-10-17(23)15-24(30)27(32)31-14-12-20-19-7-3-4-8-21(19)29-25(20)26(31)22-9-5-6-13-28-22/h3-11,13,15-16,26,29H,12,14H2,1-2H3/t26-/m0/s1. The molecule has 6 nitrogen and oxygen atoms in total. The minimum Gasteiger partial charge on any atom is -0.497 e. The van der Waals surface area contributed by atoms with Crippen LogP contribution in [0.25, 0.3) is 21.8 Å². The number of methoxy groups -OCH3 is 1. The van der Waals surface area contributed by atoms with E-state index in [-0.39, 0.29) is 11.9 Å². The molecule has 5 aromatic rings. The Labute approximate surface area is 191 Å². The highest BCUT2D eigenvalue weighted by Crippen LogP contribution is 2.38. The summed E-state index contributed by atoms with van der Waals surface area (Å²) in [6.07, 6.45) is 2.59. The molecule has 1 atom stereocenters. The van der Waals surface area contributed by atoms with Crippen molar-refractivity contribution in [2.75, 3.05) is 13.7 Å². The first-order valence-electron chi connectivity index (χ1n) is 11.1. The minimum absolute atomic E-state index is 0.00683. The lowest BCUT2D eigenvalue weighted by molar-refractivity contribution is 0.0679. The molecular formula is C27H24N4O2. The highest BCUT2D eigenvalue weighted by molar-refractivity contribution is 5.99. The van der Waals surface area contributed by atoms with Crippen molar-refractivity contribution in [1.29, 1.82) is 0 Å². The first-order chi connectivity index (χ1) is 16.2. The maximum absolute atomic E-state index is 14.0. The molecule has 4 heterocycles. The molecule has 1 amide bonds. The number of pyridine rings is 1. The molecular weight excluding hydrogens is 412 g/mol. The zero-order valence-corrected chi connectivity index (χ0v) is 18.6. The van der Waals surface area contributed by atoms with Gasteiger partial charge in [-0.05, 0) is 48.4 Å². The lowest BCUT2D eigenvalue weighted by atomic mass is 9.94. The molecule has 3 aromatic heterocycles. The summed E-state index contributed by atoms with van der Waals surface area (Å²) < 4.78 is 7.34. The second-order valence-corrected chi connectivity index (χ2v) is 8.48. The van der Waals surface area contributed by atoms with E-state index in [1.165, 1.54) is 10.9 Å². The lowest BCUT2D eigenvalue weighted by Crippen LogP contribution is -2.41. The van der Waals surface area contributed by atoms with Gasteiger partial charge < -0.3 is 19.2 Å². The average Bonchev–Trinajstić information content (AvgIpc) is 3.40. The summed E-state index contributed by atoms with van der Waals surface area (Å²) in [7, 11) is 3.59. The van der Waals surface area contributed by atoms with Crippen LogP contribution < -0.4 is 4.74 Å². The highest BCUT2D eigenvalue weighted by atomic mass is 16.5. The first-order valence-corrected chi connectivity index (χ1v) is 11.1. The number of nitrogens with one attached hydrogen (secondary N) is 1. The summed E-state index contributed by atoms with van der Waals surface area (Å²) in [5.74, 6) is 0.766. The van der Waals surface area contributed by atoms with E-state index in [2.05, 4.69) is 28.2 Å². The van der Waals surface area contributed by atoms with Crippen molar-refractivity contribution in [3.63, 3.8) is 0 Å². The van der Waals surface area contributed by atoms with Gasteiger partial charge in [-0.2, -0.15) is 0 Å². The number of ether oxygens (including phenoxy) is 1. The maximum Gasteiger partial charge on any atom is 0.271 e. The van der Waals surface area contributed by atoms with Crippen LogP contribution in [0.3, 0.4) is 0 Å². The van der Waals surface area contributed by atoms with Gasteiger partial charge in [-0.25, -0.2) is 0 Å². The SMILES string of the molecule is COc1ccc2cc(C(=O)N3CCc4c([nH]c5ccccc45)[C@@H]3c3ccccn3)n(C)c2c1. The summed E-state index contributed by atoms with van der Waals surface area (Å²) >= 11 is 0. The van der Waals surface area contributed by atoms with Gasteiger partial charge in [0.15, 0.2) is 0 Å². The van der Waals surface area contributed by atoms with Crippen LogP contribution in [0.2, 0.25) is 0 Å². The molecule has 1 aliphatic rings. The number of fused-ring (bicyclic) bond motifs is 4. The quantitative estimate of drug-likeness (QED) is 0.440. The molecule has 0 spiro atoms. The van der Waals surface area contributed by atoms with Gasteiger partial charge in [0.25, 0.3) is 5.91 Å². The third-order valence-electron chi connectivity index (χ3n) is 6.73. The minimum atomic E-state index is -0.276. The van der Waals surface area contributed by atoms with Crippen molar-refractivity contribution in [3.05, 3.63) is 95.6 Å². The molecule has 0 unspecified atom stereocenters. The fourth-order valence-electron chi connectivity index (χ4n) is 5.09. The van der Waals surface area contributed by atoms with Crippen molar-refractivity contribution < 1.29 is 9.53 Å². The smallest absolute Gasteiger partial charge is 0.271 e. The van der Waals surface area contributed by atoms with Gasteiger partial charge in [-0.15, -0.1) is 0 Å². The summed E-state index contributed by atoms with van der Waals surface area (Å²) in [6.45, 7) is 0.625. The van der Waals surface area contributed by atoms with Gasteiger partial charge in [0.1, 0.15) is 17.5 Å². The third kappa shape index (κ3) is 3.02. The van der Waals surface area contributed by atoms with E-state index in [0.29, 0.717) is 12.2 Å². The number of carbonyl (C=O) groups excluding carboxylic acids is 1. The Hall–Kier alpha value is -4.06. The van der Waals surface area contributed by atoms with Gasteiger partial charge >= 0.3 is 0 Å². The maximum atomic E-state index is 14.0. The van der Waals surface area contributed by atoms with E-state index in [1.54, 1.807) is 13.3 Å². The van der Waals surface area contributed by atoms with E-state index in [4.69, 9.17) is 4.74 Å². The summed E-state index contributed by atoms with van der Waals surface area (Å²) in [4.78, 5) is 24.2. The predicted molar refractivity (Wildman–Crippen MR) is 129 cm³/mol. The van der Waals surface area contributed by atoms with Crippen molar-refractivity contribution >= 4 is 27.7 Å². The molecule has 0 fully saturated rings. The van der Waals surface area contributed by atoms with Gasteiger partial charge in [0, 0.05) is 47.8 Å². The molecule has 1 N–H and O–H groups in total. The largest absolute Gasteiger partial charge is 0.497 e. The predicted octanol–water partition coefficient (Wildman–Crippen LogP) is 4.85. The number of hydrogen-bond donors (Lipinski definition) is 1. The monoisotopic (exact) mass is 436 g/mol. The summed E-state index contributed by atoms with van der Waals surface area (Å²) in [6, 6.07) is 21.8. The Bertz CT molecular complexity index is 1500. The number of aromatic amines is 1. The van der Waals surface area contributed by atoms with Crippen molar-refractivity contribution in [3.8, 4) is 5.75 Å². The number of nitrogens with zero attached hydrogens (tertiary/aromatic N) is 3. The topological polar surface area (TPSA) is 63.1 Å². The van der Waals surface area contributed by atoms with Crippen LogP contribution in [0.5, 0.6) is 5.75 Å². The van der Waals surface area contributed by atoms with Gasteiger partial charge in [0.05, 0.1) is 18.3 Å². The fraction of sp³-hybridized carbons (Fsp3) is 0.185. The van der Waals surface area contributed by atoms with E-state index in [1.807, 2.05) is 65.0 Å². The molecule has 6 heteroatoms. The zero-order valence-electron chi connectivity index (χ0n) is 18.6. The number of aryl methyl sites for hydroxylation is 1. The van der Waals surface area contributed by atoms with E-state index in [0.717, 1.165) is 40.0 Å². The van der Waals surface area contributed by atoms with Gasteiger partial charge in [0.2, 0.25) is 0 Å². The molecule has 0 radical (unpaired) electrons. The van der Waals surface area contributed by atoms with Crippen LogP contribution in [0.15, 0.2) is 72.9 Å². The van der Waals surface area contributed by atoms with E-state index < -0.39 is 0 Å². The Balaban J connectivity index is 1.49. The number of rotatable bonds is 3. The lowest BCUT2D eigenvalue weighted by Gasteiger charge is -2.35. The van der Waals surface area contributed by atoms with Gasteiger partial charge in [-0.1, -0.05) is 24.3 Å². The normalized spacial score (nSPS) is 15.7. The second kappa shape index (κ2) is 7.52. The van der Waals surface area contributed by atoms with Crippen LogP contribution in [0.1, 0.15) is 33.5 Å². The molecule has 2 aromatic carbocycles. The number of hydrogen-bond acceptors (Lipinski definition) is 3. The average molecular weight is 437 g/mol. The number of amides is 1. The summed E-state index contributed by atoms with van der Waals surface area (Å²) in [5.41, 5.74) is 5.89. The van der Waals surface area contributed by atoms with Crippen molar-refractivity contribution in [2.45, 2.75) is 12.5 Å². The number of para-hydroxylation sites is 1. The Morgan fingerprint density at radius 1 is 1.09 bits per heavy atom. The van der Waals surface area contributed by atoms with Crippen LogP contribution >= 0.6 is 0 Å². The number of aromatic nitrogens is 3. The Morgan fingerprint density at radius 2 is 1.94 bits per heavy atom. The number of benzene rings is 2. The zero-order chi connectivity index (χ0) is 22.5. The van der Waals surface area contributed by atoms with E-state index >= 15 is 0 Å². The first kappa shape index (κ1) is 19.6. The molecule has 164 valence electrons. The Morgan fingerprint density at radius 3 is 2.76 bits per heavy atom. The molecule has 6 rings (SSSR count). The Kier molecular flexibility index (Phi) is 4.47. The van der Waals surface area contributed by atoms with Crippen LogP contribution in [-0.2, 0) is 13.5 Å². The van der Waals surface area contributed by atoms with Crippen LogP contribution in [0, 0.1) is 0 Å². The third-order valence-corrected chi connectivity index (χ3v) is 6.73. The number of H-pyrrole nitrogens is 1. The second-order valence-electron chi connectivity index (χ2n) is 8.48. The molecule has 0 aliphatic carbocycles. The van der Waals surface area contributed by atoms with Crippen molar-refractivity contribution in [2.24, 2.45) is 7.05 Å². The molecule has 0 saturated carbocycles. The van der Waals surface area contributed by atoms with Gasteiger partial charge in [-0.3, -0.25) is 9.78 Å². The molecule has 0 saturated heterocycles. The van der Waals surface area contributed by atoms with E-state index in [9.17, 15) is 4.79 Å². The molecule has 1 aliphatic heterocycles.